The highest BCUT2D eigenvalue weighted by molar-refractivity contribution is 5.85. The summed E-state index contributed by atoms with van der Waals surface area (Å²) in [6.45, 7) is 2.73. The number of nitrogens with zero attached hydrogens (tertiary/aromatic N) is 1. The molecule has 1 heterocycles. The molecule has 1 aliphatic heterocycles. The first-order chi connectivity index (χ1) is 22.0. The summed E-state index contributed by atoms with van der Waals surface area (Å²) in [5.41, 5.74) is 11.0. The molecule has 0 saturated carbocycles. The molecule has 0 aliphatic carbocycles. The van der Waals surface area contributed by atoms with E-state index in [1.54, 1.807) is 0 Å². The van der Waals surface area contributed by atoms with Crippen molar-refractivity contribution < 1.29 is 57.5 Å². The number of carboxylic acids is 2. The number of carbonyl (C=O) groups excluding carboxylic acids is 2. The molecule has 1 aliphatic rings. The van der Waals surface area contributed by atoms with Crippen molar-refractivity contribution in [3.63, 3.8) is 0 Å². The van der Waals surface area contributed by atoms with Crippen LogP contribution in [-0.4, -0.2) is 93.3 Å². The van der Waals surface area contributed by atoms with Crippen LogP contribution < -0.4 is 22.1 Å². The number of nitrogens with one attached hydrogen (secondary N) is 2. The lowest BCUT2D eigenvalue weighted by atomic mass is 9.90. The molecule has 10 N–H and O–H groups in total. The van der Waals surface area contributed by atoms with Gasteiger partial charge in [0.1, 0.15) is 12.2 Å². The van der Waals surface area contributed by atoms with Crippen LogP contribution in [0.3, 0.4) is 0 Å². The normalized spacial score (nSPS) is 18.7. The van der Waals surface area contributed by atoms with Crippen molar-refractivity contribution in [2.75, 3.05) is 6.61 Å². The molecule has 0 aromatic rings. The van der Waals surface area contributed by atoms with Gasteiger partial charge in [0.2, 0.25) is 17.6 Å². The number of nitrogens with two attached hydrogens (primary N) is 2. The largest absolute Gasteiger partial charge is 0.490 e. The van der Waals surface area contributed by atoms with Crippen molar-refractivity contribution in [3.8, 4) is 0 Å². The van der Waals surface area contributed by atoms with Crippen molar-refractivity contribution in [2.24, 2.45) is 16.5 Å². The van der Waals surface area contributed by atoms with Crippen LogP contribution in [0.5, 0.6) is 0 Å². The van der Waals surface area contributed by atoms with E-state index in [2.05, 4.69) is 22.5 Å². The predicted octanol–water partition coefficient (Wildman–Crippen LogP) is 2.45. The van der Waals surface area contributed by atoms with E-state index < -0.39 is 72.6 Å². The lowest BCUT2D eigenvalue weighted by Gasteiger charge is -2.40. The Hall–Kier alpha value is -3.60. The van der Waals surface area contributed by atoms with Crippen LogP contribution in [0.2, 0.25) is 0 Å². The van der Waals surface area contributed by atoms with Gasteiger partial charge in [-0.1, -0.05) is 84.0 Å². The Morgan fingerprint density at radius 1 is 0.936 bits per heavy atom. The zero-order chi connectivity index (χ0) is 36.0. The van der Waals surface area contributed by atoms with Crippen molar-refractivity contribution >= 4 is 29.7 Å². The lowest BCUT2D eigenvalue weighted by Crippen LogP contribution is -2.64. The van der Waals surface area contributed by atoms with E-state index in [-0.39, 0.29) is 12.4 Å². The zero-order valence-corrected chi connectivity index (χ0v) is 27.1. The number of carboxylic acid groups (broad SMARTS) is 2. The minimum absolute atomic E-state index is 0.183. The van der Waals surface area contributed by atoms with Crippen LogP contribution in [0.15, 0.2) is 16.8 Å². The number of unbranched alkanes of at least 4 members (excludes halogenated alkanes) is 12. The fourth-order valence-electron chi connectivity index (χ4n) is 4.89. The van der Waals surface area contributed by atoms with Crippen LogP contribution in [0.1, 0.15) is 104 Å². The molecule has 0 unspecified atom stereocenters. The molecule has 0 fully saturated rings. The Labute approximate surface area is 273 Å². The van der Waals surface area contributed by atoms with Gasteiger partial charge in [0.25, 0.3) is 0 Å². The van der Waals surface area contributed by atoms with Crippen molar-refractivity contribution in [2.45, 2.75) is 140 Å². The number of aliphatic carboxylic acids is 2. The van der Waals surface area contributed by atoms with E-state index in [4.69, 9.17) is 26.1 Å². The number of aliphatic hydroxyl groups excluding tert-OH is 2. The van der Waals surface area contributed by atoms with Crippen molar-refractivity contribution in [3.05, 3.63) is 11.8 Å². The van der Waals surface area contributed by atoms with Gasteiger partial charge in [0.15, 0.2) is 5.96 Å². The first-order valence-electron chi connectivity index (χ1n) is 15.9. The molecule has 0 bridgehead atoms. The topological polar surface area (TPSA) is 247 Å². The van der Waals surface area contributed by atoms with Gasteiger partial charge in [0.05, 0.1) is 24.7 Å². The number of ether oxygens (including phenoxy) is 1. The average Bonchev–Trinajstić information content (AvgIpc) is 2.98. The van der Waals surface area contributed by atoms with Gasteiger partial charge in [-0.15, -0.1) is 0 Å². The van der Waals surface area contributed by atoms with Gasteiger partial charge in [-0.25, -0.2) is 14.6 Å². The number of aliphatic hydroxyl groups is 2. The highest BCUT2D eigenvalue weighted by Gasteiger charge is 2.45. The van der Waals surface area contributed by atoms with Gasteiger partial charge in [-0.2, -0.15) is 13.2 Å². The maximum absolute atomic E-state index is 12.8. The van der Waals surface area contributed by atoms with Crippen LogP contribution >= 0.6 is 0 Å². The monoisotopic (exact) mass is 683 g/mol. The van der Waals surface area contributed by atoms with Crippen molar-refractivity contribution in [1.82, 2.24) is 10.6 Å². The quantitative estimate of drug-likeness (QED) is 0.0496. The smallest absolute Gasteiger partial charge is 0.479 e. The van der Waals surface area contributed by atoms with Crippen LogP contribution in [0, 0.1) is 0 Å². The van der Waals surface area contributed by atoms with Gasteiger partial charge in [-0.3, -0.25) is 9.59 Å². The minimum atomic E-state index is -5.08. The molecule has 0 aromatic heterocycles. The maximum atomic E-state index is 12.8. The molecular formula is C30H52F3N5O9. The molecule has 17 heteroatoms. The molecule has 1 rings (SSSR count). The number of rotatable bonds is 21. The van der Waals surface area contributed by atoms with E-state index in [9.17, 15) is 42.9 Å². The summed E-state index contributed by atoms with van der Waals surface area (Å²) in [5.74, 6) is -5.92. The first kappa shape index (κ1) is 43.4. The molecule has 272 valence electrons. The van der Waals surface area contributed by atoms with E-state index in [0.29, 0.717) is 6.42 Å². The Morgan fingerprint density at radius 3 is 1.79 bits per heavy atom. The first-order valence-corrected chi connectivity index (χ1v) is 15.9. The number of carbonyl (C=O) groups is 4. The Morgan fingerprint density at radius 2 is 1.40 bits per heavy atom. The van der Waals surface area contributed by atoms with Gasteiger partial charge >= 0.3 is 18.1 Å². The minimum Gasteiger partial charge on any atom is -0.479 e. The van der Waals surface area contributed by atoms with E-state index in [1.165, 1.54) is 64.7 Å². The molecule has 0 radical (unpaired) electrons. The summed E-state index contributed by atoms with van der Waals surface area (Å²) in [5, 5.41) is 42.1. The van der Waals surface area contributed by atoms with E-state index >= 15 is 0 Å². The summed E-state index contributed by atoms with van der Waals surface area (Å²) >= 11 is 0. The molecular weight excluding hydrogens is 631 g/mol. The summed E-state index contributed by atoms with van der Waals surface area (Å²) in [6, 6.07) is -3.34. The molecule has 0 saturated heterocycles. The number of guanidine groups is 1. The molecule has 14 nitrogen and oxygen atoms in total. The van der Waals surface area contributed by atoms with Crippen LogP contribution in [0.4, 0.5) is 13.2 Å². The highest BCUT2D eigenvalue weighted by atomic mass is 19.4. The summed E-state index contributed by atoms with van der Waals surface area (Å²) in [7, 11) is 0. The summed E-state index contributed by atoms with van der Waals surface area (Å²) in [4.78, 5) is 49.3. The zero-order valence-electron chi connectivity index (χ0n) is 27.1. The molecule has 0 aromatic carbocycles. The lowest BCUT2D eigenvalue weighted by molar-refractivity contribution is -0.192. The Bertz CT molecular complexity index is 1020. The second kappa shape index (κ2) is 23.7. The fourth-order valence-corrected chi connectivity index (χ4v) is 4.89. The summed E-state index contributed by atoms with van der Waals surface area (Å²) in [6.07, 6.45) is 8.69. The number of amides is 2. The van der Waals surface area contributed by atoms with Crippen LogP contribution in [0.25, 0.3) is 0 Å². The Kier molecular flexibility index (Phi) is 21.9. The highest BCUT2D eigenvalue weighted by Crippen LogP contribution is 2.25. The second-order valence-corrected chi connectivity index (χ2v) is 11.3. The summed E-state index contributed by atoms with van der Waals surface area (Å²) < 4.78 is 37.3. The second-order valence-electron chi connectivity index (χ2n) is 11.3. The van der Waals surface area contributed by atoms with E-state index in [1.807, 2.05) is 0 Å². The Balaban J connectivity index is 0.00000270. The molecule has 5 atom stereocenters. The average molecular weight is 684 g/mol. The number of hydrogen-bond acceptors (Lipinski definition) is 8. The van der Waals surface area contributed by atoms with Crippen LogP contribution in [-0.2, 0) is 23.9 Å². The van der Waals surface area contributed by atoms with E-state index in [0.717, 1.165) is 25.3 Å². The third-order valence-electron chi connectivity index (χ3n) is 7.22. The maximum Gasteiger partial charge on any atom is 0.490 e. The number of alkyl halides is 3. The van der Waals surface area contributed by atoms with Gasteiger partial charge in [-0.05, 0) is 12.5 Å². The third kappa shape index (κ3) is 19.6. The molecule has 47 heavy (non-hydrogen) atoms. The van der Waals surface area contributed by atoms with Gasteiger partial charge in [0, 0.05) is 13.3 Å². The van der Waals surface area contributed by atoms with Gasteiger partial charge < -0.3 is 47.3 Å². The number of halogens is 3. The van der Waals surface area contributed by atoms with Crippen molar-refractivity contribution in [1.29, 1.82) is 0 Å². The SMILES string of the molecule is CCCCCCCCCCCCCCCC(=O)N[C@@H]([C@@H]1OC(C(=O)O)=C[C@H](N=C(N)N)[C@H]1NC(C)=O)[C@H](O)CO.O=C(O)C(F)(F)F. The third-order valence-corrected chi connectivity index (χ3v) is 7.22. The fraction of sp³-hybridized carbons (Fsp3) is 0.767. The predicted molar refractivity (Wildman–Crippen MR) is 167 cm³/mol. The molecule has 2 amide bonds. The standard InChI is InChI=1S/C28H51N5O7.C2HF3O2/c1-3-4-5-6-7-8-9-10-11-12-13-14-15-16-23(37)33-25(21(36)18-34)26-24(31-19(2)35)20(32-28(29)30)17-22(40-26)27(38)39;3-2(4,5)1(6)7/h17,20-21,24-26,34,36H,3-16,18H2,1-2H3,(H,31,35)(H,33,37)(H,38,39)(H4,29,30,32);(H,6,7)/t20-,21+,24+,25+,26+;/m0./s1. The molecule has 0 spiro atoms. The number of hydrogen-bond donors (Lipinski definition) is 8. The number of aliphatic imine (C=N–C) groups is 1.